The van der Waals surface area contributed by atoms with Gasteiger partial charge in [-0.15, -0.1) is 0 Å². The Labute approximate surface area is 71.1 Å². The number of hydrogen-bond donors (Lipinski definition) is 1. The van der Waals surface area contributed by atoms with Gasteiger partial charge in [-0.2, -0.15) is 5.26 Å². The molecule has 1 aliphatic rings. The van der Waals surface area contributed by atoms with Crippen LogP contribution in [0.15, 0.2) is 30.5 Å². The Morgan fingerprint density at radius 1 is 1.33 bits per heavy atom. The highest BCUT2D eigenvalue weighted by molar-refractivity contribution is 5.79. The normalized spacial score (nSPS) is 13.8. The lowest BCUT2D eigenvalue weighted by Crippen LogP contribution is -2.12. The summed E-state index contributed by atoms with van der Waals surface area (Å²) in [7, 11) is 0. The van der Waals surface area contributed by atoms with Gasteiger partial charge in [-0.25, -0.2) is 0 Å². The third-order valence-electron chi connectivity index (χ3n) is 1.97. The molecule has 0 spiro atoms. The molecular formula is C10H8N2. The van der Waals surface area contributed by atoms with Gasteiger partial charge in [0.25, 0.3) is 0 Å². The maximum absolute atomic E-state index is 8.78. The highest BCUT2D eigenvalue weighted by atomic mass is 14.8. The Morgan fingerprint density at radius 3 is 3.00 bits per heavy atom. The molecule has 0 amide bonds. The van der Waals surface area contributed by atoms with Crippen LogP contribution in [0.2, 0.25) is 0 Å². The smallest absolute Gasteiger partial charge is 0.101 e. The molecule has 12 heavy (non-hydrogen) atoms. The molecule has 0 unspecified atom stereocenters. The molecule has 1 heterocycles. The number of hydrogen-bond acceptors (Lipinski definition) is 2. The number of nitriles is 1. The fourth-order valence-electron chi connectivity index (χ4n) is 1.37. The van der Waals surface area contributed by atoms with Crippen molar-refractivity contribution in [2.24, 2.45) is 0 Å². The third kappa shape index (κ3) is 0.960. The van der Waals surface area contributed by atoms with E-state index in [4.69, 9.17) is 5.26 Å². The van der Waals surface area contributed by atoms with Gasteiger partial charge in [0.05, 0.1) is 5.57 Å². The first-order valence-electron chi connectivity index (χ1n) is 3.84. The van der Waals surface area contributed by atoms with Crippen molar-refractivity contribution in [3.63, 3.8) is 0 Å². The SMILES string of the molecule is N#CC1=CNCc2ccccc21. The fourth-order valence-corrected chi connectivity index (χ4v) is 1.37. The molecule has 0 aliphatic carbocycles. The largest absolute Gasteiger partial charge is 0.386 e. The van der Waals surface area contributed by atoms with E-state index in [1.165, 1.54) is 5.56 Å². The van der Waals surface area contributed by atoms with E-state index in [-0.39, 0.29) is 0 Å². The van der Waals surface area contributed by atoms with Crippen molar-refractivity contribution in [3.05, 3.63) is 41.6 Å². The molecule has 0 fully saturated rings. The summed E-state index contributed by atoms with van der Waals surface area (Å²) in [5, 5.41) is 11.8. The Bertz CT molecular complexity index is 372. The van der Waals surface area contributed by atoms with Gasteiger partial charge >= 0.3 is 0 Å². The van der Waals surface area contributed by atoms with E-state index in [0.29, 0.717) is 0 Å². The molecule has 0 aromatic heterocycles. The van der Waals surface area contributed by atoms with Crippen LogP contribution in [0.4, 0.5) is 0 Å². The van der Waals surface area contributed by atoms with E-state index in [2.05, 4.69) is 11.4 Å². The van der Waals surface area contributed by atoms with Gasteiger partial charge < -0.3 is 5.32 Å². The predicted molar refractivity (Wildman–Crippen MR) is 46.9 cm³/mol. The van der Waals surface area contributed by atoms with Crippen molar-refractivity contribution >= 4 is 5.57 Å². The number of allylic oxidation sites excluding steroid dienone is 1. The van der Waals surface area contributed by atoms with E-state index in [1.807, 2.05) is 24.3 Å². The first kappa shape index (κ1) is 6.93. The average Bonchev–Trinajstić information content (AvgIpc) is 2.17. The maximum Gasteiger partial charge on any atom is 0.101 e. The lowest BCUT2D eigenvalue weighted by Gasteiger charge is -2.13. The molecule has 1 aromatic rings. The first-order chi connectivity index (χ1) is 5.92. The Morgan fingerprint density at radius 2 is 2.17 bits per heavy atom. The van der Waals surface area contributed by atoms with Crippen molar-refractivity contribution < 1.29 is 0 Å². The lowest BCUT2D eigenvalue weighted by molar-refractivity contribution is 0.854. The molecule has 2 heteroatoms. The van der Waals surface area contributed by atoms with E-state index in [1.54, 1.807) is 6.20 Å². The molecule has 2 nitrogen and oxygen atoms in total. The van der Waals surface area contributed by atoms with Gasteiger partial charge in [0, 0.05) is 12.7 Å². The van der Waals surface area contributed by atoms with Gasteiger partial charge in [0.15, 0.2) is 0 Å². The molecule has 0 saturated carbocycles. The van der Waals surface area contributed by atoms with Crippen LogP contribution in [0.5, 0.6) is 0 Å². The zero-order valence-electron chi connectivity index (χ0n) is 6.54. The topological polar surface area (TPSA) is 35.8 Å². The Hall–Kier alpha value is -1.75. The van der Waals surface area contributed by atoms with Crippen LogP contribution in [0.3, 0.4) is 0 Å². The monoisotopic (exact) mass is 156 g/mol. The summed E-state index contributed by atoms with van der Waals surface area (Å²) < 4.78 is 0. The summed E-state index contributed by atoms with van der Waals surface area (Å²) in [4.78, 5) is 0. The van der Waals surface area contributed by atoms with E-state index in [0.717, 1.165) is 17.7 Å². The molecular weight excluding hydrogens is 148 g/mol. The van der Waals surface area contributed by atoms with Gasteiger partial charge in [0.1, 0.15) is 6.07 Å². The highest BCUT2D eigenvalue weighted by Gasteiger charge is 2.09. The van der Waals surface area contributed by atoms with Crippen LogP contribution in [0, 0.1) is 11.3 Å². The van der Waals surface area contributed by atoms with Crippen LogP contribution >= 0.6 is 0 Å². The number of nitrogens with zero attached hydrogens (tertiary/aromatic N) is 1. The van der Waals surface area contributed by atoms with Gasteiger partial charge in [0.2, 0.25) is 0 Å². The van der Waals surface area contributed by atoms with Crippen molar-refractivity contribution in [2.45, 2.75) is 6.54 Å². The van der Waals surface area contributed by atoms with Crippen molar-refractivity contribution in [1.82, 2.24) is 5.32 Å². The summed E-state index contributed by atoms with van der Waals surface area (Å²) in [6, 6.07) is 10.1. The summed E-state index contributed by atoms with van der Waals surface area (Å²) in [5.74, 6) is 0. The minimum absolute atomic E-state index is 0.719. The molecule has 1 aromatic carbocycles. The molecule has 2 rings (SSSR count). The van der Waals surface area contributed by atoms with Gasteiger partial charge in [-0.3, -0.25) is 0 Å². The molecule has 0 bridgehead atoms. The quantitative estimate of drug-likeness (QED) is 0.620. The number of rotatable bonds is 0. The van der Waals surface area contributed by atoms with Crippen LogP contribution in [0.25, 0.3) is 5.57 Å². The zero-order chi connectivity index (χ0) is 8.39. The fraction of sp³-hybridized carbons (Fsp3) is 0.100. The lowest BCUT2D eigenvalue weighted by atomic mass is 9.99. The van der Waals surface area contributed by atoms with Crippen LogP contribution in [0.1, 0.15) is 11.1 Å². The van der Waals surface area contributed by atoms with Crippen LogP contribution in [-0.4, -0.2) is 0 Å². The summed E-state index contributed by atoms with van der Waals surface area (Å²) >= 11 is 0. The summed E-state index contributed by atoms with van der Waals surface area (Å²) in [6.45, 7) is 0.821. The van der Waals surface area contributed by atoms with Crippen molar-refractivity contribution in [2.75, 3.05) is 0 Å². The van der Waals surface area contributed by atoms with E-state index >= 15 is 0 Å². The minimum atomic E-state index is 0.719. The second kappa shape index (κ2) is 2.71. The minimum Gasteiger partial charge on any atom is -0.386 e. The Kier molecular flexibility index (Phi) is 1.56. The maximum atomic E-state index is 8.78. The number of benzene rings is 1. The van der Waals surface area contributed by atoms with E-state index < -0.39 is 0 Å². The standard InChI is InChI=1S/C10H8N2/c11-5-9-7-12-6-8-3-1-2-4-10(8)9/h1-4,7,12H,6H2. The zero-order valence-corrected chi connectivity index (χ0v) is 6.54. The summed E-state index contributed by atoms with van der Waals surface area (Å²) in [6.07, 6.45) is 1.77. The highest BCUT2D eigenvalue weighted by Crippen LogP contribution is 2.20. The molecule has 0 saturated heterocycles. The molecule has 0 atom stereocenters. The second-order valence-corrected chi connectivity index (χ2v) is 2.71. The number of fused-ring (bicyclic) bond motifs is 1. The van der Waals surface area contributed by atoms with Crippen LogP contribution in [-0.2, 0) is 6.54 Å². The van der Waals surface area contributed by atoms with E-state index in [9.17, 15) is 0 Å². The Balaban J connectivity index is 2.57. The van der Waals surface area contributed by atoms with Crippen LogP contribution < -0.4 is 5.32 Å². The molecule has 1 aliphatic heterocycles. The number of nitrogens with one attached hydrogen (secondary N) is 1. The summed E-state index contributed by atoms with van der Waals surface area (Å²) in [5.41, 5.74) is 2.96. The third-order valence-corrected chi connectivity index (χ3v) is 1.97. The van der Waals surface area contributed by atoms with Crippen molar-refractivity contribution in [1.29, 1.82) is 5.26 Å². The molecule has 58 valence electrons. The first-order valence-corrected chi connectivity index (χ1v) is 3.84. The molecule has 1 N–H and O–H groups in total. The van der Waals surface area contributed by atoms with Gasteiger partial charge in [-0.05, 0) is 11.1 Å². The van der Waals surface area contributed by atoms with Gasteiger partial charge in [-0.1, -0.05) is 24.3 Å². The predicted octanol–water partition coefficient (Wildman–Crippen LogP) is 1.65. The van der Waals surface area contributed by atoms with Crippen molar-refractivity contribution in [3.8, 4) is 6.07 Å². The second-order valence-electron chi connectivity index (χ2n) is 2.71. The molecule has 0 radical (unpaired) electrons. The average molecular weight is 156 g/mol.